The van der Waals surface area contributed by atoms with Crippen LogP contribution in [-0.4, -0.2) is 26.9 Å². The van der Waals surface area contributed by atoms with E-state index < -0.39 is 0 Å². The highest BCUT2D eigenvalue weighted by Gasteiger charge is 2.25. The average molecular weight is 434 g/mol. The number of fused-ring (bicyclic) bond motifs is 1. The van der Waals surface area contributed by atoms with Gasteiger partial charge in [-0.25, -0.2) is 4.98 Å². The van der Waals surface area contributed by atoms with Gasteiger partial charge in [-0.05, 0) is 49.6 Å². The first-order valence-electron chi connectivity index (χ1n) is 11.9. The Kier molecular flexibility index (Phi) is 8.20. The minimum absolute atomic E-state index is 0.0873. The molecular weight excluding hydrogens is 398 g/mol. The maximum absolute atomic E-state index is 13.6. The van der Waals surface area contributed by atoms with Crippen molar-refractivity contribution in [3.05, 3.63) is 70.3 Å². The van der Waals surface area contributed by atoms with Crippen LogP contribution in [0.15, 0.2) is 53.3 Å². The van der Waals surface area contributed by atoms with Crippen LogP contribution in [0.2, 0.25) is 0 Å². The molecule has 1 heterocycles. The summed E-state index contributed by atoms with van der Waals surface area (Å²) in [6.07, 6.45) is 5.72. The summed E-state index contributed by atoms with van der Waals surface area (Å²) in [6, 6.07) is 15.2. The van der Waals surface area contributed by atoms with E-state index in [1.807, 2.05) is 67.3 Å². The number of rotatable bonds is 10. The smallest absolute Gasteiger partial charge is 0.266 e. The molecule has 0 saturated heterocycles. The van der Waals surface area contributed by atoms with Gasteiger partial charge in [0.2, 0.25) is 5.91 Å². The molecule has 5 nitrogen and oxygen atoms in total. The fourth-order valence-electron chi connectivity index (χ4n) is 4.15. The number of benzene rings is 2. The molecule has 0 aliphatic heterocycles. The van der Waals surface area contributed by atoms with Crippen LogP contribution in [0.3, 0.4) is 0 Å². The Hall–Kier alpha value is -2.95. The van der Waals surface area contributed by atoms with E-state index in [0.717, 1.165) is 37.8 Å². The number of amides is 1. The standard InChI is InChI=1S/C27H35N3O2/c1-5-8-9-12-19-29(25(31)7-3)20(4)26-28-24-14-11-10-13-23(24)27(32)30(26)22-17-15-21(6-2)16-18-22/h10-11,13-18,20H,5-9,12,19H2,1-4H3. The lowest BCUT2D eigenvalue weighted by Crippen LogP contribution is -2.37. The molecule has 0 aliphatic carbocycles. The van der Waals surface area contributed by atoms with Gasteiger partial charge in [0.25, 0.3) is 5.56 Å². The minimum Gasteiger partial charge on any atom is -0.333 e. The Labute approximate surface area is 191 Å². The molecule has 0 N–H and O–H groups in total. The number of carbonyl (C=O) groups excluding carboxylic acids is 1. The summed E-state index contributed by atoms with van der Waals surface area (Å²) in [5.41, 5.74) is 2.55. The first kappa shape index (κ1) is 23.7. The lowest BCUT2D eigenvalue weighted by molar-refractivity contribution is -0.133. The third-order valence-electron chi connectivity index (χ3n) is 6.12. The molecule has 1 amide bonds. The molecule has 0 fully saturated rings. The van der Waals surface area contributed by atoms with Crippen molar-refractivity contribution in [1.82, 2.24) is 14.5 Å². The van der Waals surface area contributed by atoms with Gasteiger partial charge in [0.05, 0.1) is 22.6 Å². The Morgan fingerprint density at radius 2 is 1.72 bits per heavy atom. The van der Waals surface area contributed by atoms with Crippen LogP contribution in [-0.2, 0) is 11.2 Å². The molecule has 3 aromatic rings. The third-order valence-corrected chi connectivity index (χ3v) is 6.12. The summed E-state index contributed by atoms with van der Waals surface area (Å²) >= 11 is 0. The third kappa shape index (κ3) is 5.09. The molecule has 0 saturated carbocycles. The first-order chi connectivity index (χ1) is 15.5. The second-order valence-electron chi connectivity index (χ2n) is 8.33. The maximum atomic E-state index is 13.6. The first-order valence-corrected chi connectivity index (χ1v) is 11.9. The van der Waals surface area contributed by atoms with E-state index in [4.69, 9.17) is 4.98 Å². The Bertz CT molecular complexity index is 1100. The fourth-order valence-corrected chi connectivity index (χ4v) is 4.15. The quantitative estimate of drug-likeness (QED) is 0.378. The SMILES string of the molecule is CCCCCCN(C(=O)CC)C(C)c1nc2ccccc2c(=O)n1-c1ccc(CC)cc1. The predicted octanol–water partition coefficient (Wildman–Crippen LogP) is 5.83. The van der Waals surface area contributed by atoms with E-state index in [2.05, 4.69) is 13.8 Å². The van der Waals surface area contributed by atoms with Gasteiger partial charge in [0.15, 0.2) is 0 Å². The van der Waals surface area contributed by atoms with Crippen molar-refractivity contribution in [3.63, 3.8) is 0 Å². The number of para-hydroxylation sites is 1. The van der Waals surface area contributed by atoms with Crippen molar-refractivity contribution in [1.29, 1.82) is 0 Å². The van der Waals surface area contributed by atoms with Crippen LogP contribution in [0.4, 0.5) is 0 Å². The van der Waals surface area contributed by atoms with Crippen LogP contribution in [0, 0.1) is 0 Å². The molecule has 1 unspecified atom stereocenters. The molecule has 170 valence electrons. The fraction of sp³-hybridized carbons (Fsp3) is 0.444. The molecule has 2 aromatic carbocycles. The number of nitrogens with zero attached hydrogens (tertiary/aromatic N) is 3. The molecule has 0 spiro atoms. The Morgan fingerprint density at radius 3 is 2.38 bits per heavy atom. The predicted molar refractivity (Wildman–Crippen MR) is 131 cm³/mol. The Balaban J connectivity index is 2.13. The highest BCUT2D eigenvalue weighted by molar-refractivity contribution is 5.78. The van der Waals surface area contributed by atoms with Crippen molar-refractivity contribution in [2.75, 3.05) is 6.54 Å². The van der Waals surface area contributed by atoms with Gasteiger partial charge in [-0.15, -0.1) is 0 Å². The van der Waals surface area contributed by atoms with Gasteiger partial charge < -0.3 is 4.90 Å². The summed E-state index contributed by atoms with van der Waals surface area (Å²) in [6.45, 7) is 8.84. The highest BCUT2D eigenvalue weighted by atomic mass is 16.2. The lowest BCUT2D eigenvalue weighted by atomic mass is 10.1. The zero-order valence-electron chi connectivity index (χ0n) is 19.8. The second-order valence-corrected chi connectivity index (χ2v) is 8.33. The van der Waals surface area contributed by atoms with E-state index in [9.17, 15) is 9.59 Å². The van der Waals surface area contributed by atoms with Crippen LogP contribution in [0.25, 0.3) is 16.6 Å². The summed E-state index contributed by atoms with van der Waals surface area (Å²) in [4.78, 5) is 33.3. The zero-order chi connectivity index (χ0) is 23.1. The van der Waals surface area contributed by atoms with Gasteiger partial charge >= 0.3 is 0 Å². The van der Waals surface area contributed by atoms with E-state index in [1.54, 1.807) is 4.57 Å². The van der Waals surface area contributed by atoms with E-state index in [-0.39, 0.29) is 17.5 Å². The van der Waals surface area contributed by atoms with Crippen molar-refractivity contribution >= 4 is 16.8 Å². The normalized spacial score (nSPS) is 12.1. The van der Waals surface area contributed by atoms with E-state index in [0.29, 0.717) is 29.7 Å². The number of aromatic nitrogens is 2. The van der Waals surface area contributed by atoms with Crippen LogP contribution >= 0.6 is 0 Å². The Morgan fingerprint density at radius 1 is 1.00 bits per heavy atom. The van der Waals surface area contributed by atoms with Crippen LogP contribution in [0.1, 0.15) is 77.2 Å². The maximum Gasteiger partial charge on any atom is 0.266 e. The van der Waals surface area contributed by atoms with Gasteiger partial charge in [-0.1, -0.05) is 64.3 Å². The number of unbranched alkanes of at least 4 members (excludes halogenated alkanes) is 3. The molecule has 1 aromatic heterocycles. The summed E-state index contributed by atoms with van der Waals surface area (Å²) in [5.74, 6) is 0.694. The van der Waals surface area contributed by atoms with Gasteiger partial charge in [0.1, 0.15) is 5.82 Å². The van der Waals surface area contributed by atoms with Crippen molar-refractivity contribution < 1.29 is 4.79 Å². The summed E-state index contributed by atoms with van der Waals surface area (Å²) in [5, 5.41) is 0.583. The van der Waals surface area contributed by atoms with E-state index >= 15 is 0 Å². The zero-order valence-corrected chi connectivity index (χ0v) is 19.8. The number of carbonyl (C=O) groups is 1. The summed E-state index contributed by atoms with van der Waals surface area (Å²) in [7, 11) is 0. The van der Waals surface area contributed by atoms with Crippen molar-refractivity contribution in [3.8, 4) is 5.69 Å². The largest absolute Gasteiger partial charge is 0.333 e. The van der Waals surface area contributed by atoms with Crippen molar-refractivity contribution in [2.24, 2.45) is 0 Å². The minimum atomic E-state index is -0.313. The van der Waals surface area contributed by atoms with E-state index in [1.165, 1.54) is 5.56 Å². The topological polar surface area (TPSA) is 55.2 Å². The molecule has 32 heavy (non-hydrogen) atoms. The molecular formula is C27H35N3O2. The van der Waals surface area contributed by atoms with Gasteiger partial charge in [-0.3, -0.25) is 14.2 Å². The van der Waals surface area contributed by atoms with Gasteiger partial charge in [0, 0.05) is 13.0 Å². The van der Waals surface area contributed by atoms with Crippen LogP contribution in [0.5, 0.6) is 0 Å². The molecule has 0 radical (unpaired) electrons. The monoisotopic (exact) mass is 433 g/mol. The highest BCUT2D eigenvalue weighted by Crippen LogP contribution is 2.24. The molecule has 0 aliphatic rings. The van der Waals surface area contributed by atoms with Gasteiger partial charge in [-0.2, -0.15) is 0 Å². The molecule has 3 rings (SSSR count). The molecule has 1 atom stereocenters. The number of aryl methyl sites for hydroxylation is 1. The molecule has 5 heteroatoms. The number of hydrogen-bond donors (Lipinski definition) is 0. The van der Waals surface area contributed by atoms with Crippen molar-refractivity contribution in [2.45, 2.75) is 72.3 Å². The number of hydrogen-bond acceptors (Lipinski definition) is 3. The average Bonchev–Trinajstić information content (AvgIpc) is 2.83. The van der Waals surface area contributed by atoms with Crippen LogP contribution < -0.4 is 5.56 Å². The second kappa shape index (κ2) is 11.1. The summed E-state index contributed by atoms with van der Waals surface area (Å²) < 4.78 is 1.69. The molecule has 0 bridgehead atoms. The lowest BCUT2D eigenvalue weighted by Gasteiger charge is -2.30.